The van der Waals surface area contributed by atoms with Crippen molar-refractivity contribution in [2.75, 3.05) is 6.54 Å². The third-order valence-corrected chi connectivity index (χ3v) is 5.63. The van der Waals surface area contributed by atoms with Crippen LogP contribution in [-0.2, 0) is 22.6 Å². The van der Waals surface area contributed by atoms with Gasteiger partial charge in [0.1, 0.15) is 5.60 Å². The maximum Gasteiger partial charge on any atom is 0.320 e. The summed E-state index contributed by atoms with van der Waals surface area (Å²) in [7, 11) is 0. The molecule has 0 atom stereocenters. The average Bonchev–Trinajstić information content (AvgIpc) is 2.73. The van der Waals surface area contributed by atoms with Crippen LogP contribution in [-0.4, -0.2) is 24.2 Å². The van der Waals surface area contributed by atoms with Gasteiger partial charge in [0, 0.05) is 19.1 Å². The van der Waals surface area contributed by atoms with Gasteiger partial charge >= 0.3 is 5.97 Å². The molecule has 2 aromatic rings. The highest BCUT2D eigenvalue weighted by atomic mass is 16.6. The Balaban J connectivity index is 1.37. The molecule has 1 aliphatic rings. The Morgan fingerprint density at radius 3 is 2.17 bits per heavy atom. The molecule has 0 saturated heterocycles. The Morgan fingerprint density at radius 1 is 0.900 bits per heavy atom. The summed E-state index contributed by atoms with van der Waals surface area (Å²) in [6, 6.07) is 20.1. The van der Waals surface area contributed by atoms with Gasteiger partial charge in [-0.25, -0.2) is 0 Å². The van der Waals surface area contributed by atoms with Crippen LogP contribution < -0.4 is 10.6 Å². The van der Waals surface area contributed by atoms with Crippen LogP contribution in [0, 0.1) is 0 Å². The van der Waals surface area contributed by atoms with Crippen molar-refractivity contribution in [3.05, 3.63) is 71.3 Å². The molecule has 0 spiro atoms. The van der Waals surface area contributed by atoms with E-state index >= 15 is 0 Å². The Bertz CT molecular complexity index is 773. The molecular formula is C26H36N2O2. The molecule has 1 aliphatic carbocycles. The number of hydrogen-bond donors (Lipinski definition) is 2. The molecule has 4 nitrogen and oxygen atoms in total. The molecule has 0 heterocycles. The minimum Gasteiger partial charge on any atom is -0.459 e. The lowest BCUT2D eigenvalue weighted by molar-refractivity contribution is -0.153. The molecule has 0 aliphatic heterocycles. The summed E-state index contributed by atoms with van der Waals surface area (Å²) in [5, 5.41) is 6.89. The molecule has 0 radical (unpaired) electrons. The first kappa shape index (κ1) is 22.5. The van der Waals surface area contributed by atoms with E-state index < -0.39 is 5.60 Å². The van der Waals surface area contributed by atoms with Crippen molar-refractivity contribution >= 4 is 5.97 Å². The Labute approximate surface area is 181 Å². The van der Waals surface area contributed by atoms with Gasteiger partial charge in [-0.05, 0) is 69.1 Å². The quantitative estimate of drug-likeness (QED) is 0.608. The van der Waals surface area contributed by atoms with Crippen molar-refractivity contribution in [3.8, 4) is 0 Å². The second kappa shape index (κ2) is 10.7. The second-order valence-electron chi connectivity index (χ2n) is 9.35. The molecule has 0 bridgehead atoms. The van der Waals surface area contributed by atoms with Crippen LogP contribution in [0.25, 0.3) is 0 Å². The summed E-state index contributed by atoms with van der Waals surface area (Å²) in [4.78, 5) is 11.8. The van der Waals surface area contributed by atoms with Crippen LogP contribution in [0.4, 0.5) is 0 Å². The zero-order valence-corrected chi connectivity index (χ0v) is 18.6. The maximum atomic E-state index is 11.8. The fourth-order valence-corrected chi connectivity index (χ4v) is 4.08. The molecule has 4 heteroatoms. The van der Waals surface area contributed by atoms with Crippen molar-refractivity contribution in [1.82, 2.24) is 10.6 Å². The number of ether oxygens (including phenoxy) is 1. The molecule has 0 aromatic heterocycles. The molecule has 0 unspecified atom stereocenters. The summed E-state index contributed by atoms with van der Waals surface area (Å²) in [6.07, 6.45) is 4.94. The topological polar surface area (TPSA) is 50.4 Å². The minimum absolute atomic E-state index is 0.211. The van der Waals surface area contributed by atoms with E-state index in [1.807, 2.05) is 20.8 Å². The first-order chi connectivity index (χ1) is 14.4. The molecule has 1 fully saturated rings. The summed E-state index contributed by atoms with van der Waals surface area (Å²) in [5.74, 6) is 0.445. The van der Waals surface area contributed by atoms with Gasteiger partial charge in [-0.3, -0.25) is 4.79 Å². The van der Waals surface area contributed by atoms with Gasteiger partial charge < -0.3 is 15.4 Å². The number of carbonyl (C=O) groups is 1. The van der Waals surface area contributed by atoms with Gasteiger partial charge in [-0.1, -0.05) is 54.6 Å². The van der Waals surface area contributed by atoms with Gasteiger partial charge in [0.05, 0.1) is 6.54 Å². The zero-order chi connectivity index (χ0) is 21.4. The van der Waals surface area contributed by atoms with Crippen LogP contribution in [0.15, 0.2) is 54.6 Å². The third-order valence-electron chi connectivity index (χ3n) is 5.63. The van der Waals surface area contributed by atoms with E-state index in [4.69, 9.17) is 4.74 Å². The highest BCUT2D eigenvalue weighted by Crippen LogP contribution is 2.33. The lowest BCUT2D eigenvalue weighted by atomic mass is 9.81. The van der Waals surface area contributed by atoms with Crippen molar-refractivity contribution in [1.29, 1.82) is 0 Å². The van der Waals surface area contributed by atoms with E-state index in [0.29, 0.717) is 18.5 Å². The smallest absolute Gasteiger partial charge is 0.320 e. The predicted octanol–water partition coefficient (Wildman–Crippen LogP) is 4.93. The lowest BCUT2D eigenvalue weighted by Crippen LogP contribution is -2.32. The largest absolute Gasteiger partial charge is 0.459 e. The molecular weight excluding hydrogens is 372 g/mol. The van der Waals surface area contributed by atoms with E-state index in [2.05, 4.69) is 65.2 Å². The number of rotatable bonds is 8. The average molecular weight is 409 g/mol. The Morgan fingerprint density at radius 2 is 1.53 bits per heavy atom. The van der Waals surface area contributed by atoms with E-state index in [0.717, 1.165) is 6.54 Å². The Hall–Kier alpha value is -2.17. The summed E-state index contributed by atoms with van der Waals surface area (Å²) < 4.78 is 5.32. The maximum absolute atomic E-state index is 11.8. The fraction of sp³-hybridized carbons (Fsp3) is 0.500. The Kier molecular flexibility index (Phi) is 8.06. The SMILES string of the molecule is CC(C)(C)OC(=O)CNCc1ccc([C@H]2CC[C@H](NCc3ccccc3)CC2)cc1. The molecule has 1 saturated carbocycles. The first-order valence-corrected chi connectivity index (χ1v) is 11.2. The summed E-state index contributed by atoms with van der Waals surface area (Å²) in [5.41, 5.74) is 3.56. The predicted molar refractivity (Wildman–Crippen MR) is 122 cm³/mol. The minimum atomic E-state index is -0.434. The fourth-order valence-electron chi connectivity index (χ4n) is 4.08. The van der Waals surface area contributed by atoms with Gasteiger partial charge in [-0.2, -0.15) is 0 Å². The van der Waals surface area contributed by atoms with Gasteiger partial charge in [-0.15, -0.1) is 0 Å². The number of benzene rings is 2. The van der Waals surface area contributed by atoms with Crippen molar-refractivity contribution in [3.63, 3.8) is 0 Å². The lowest BCUT2D eigenvalue weighted by Gasteiger charge is -2.29. The van der Waals surface area contributed by atoms with E-state index in [-0.39, 0.29) is 12.5 Å². The van der Waals surface area contributed by atoms with Crippen LogP contribution in [0.2, 0.25) is 0 Å². The third kappa shape index (κ3) is 7.58. The molecule has 162 valence electrons. The van der Waals surface area contributed by atoms with E-state index in [9.17, 15) is 4.79 Å². The van der Waals surface area contributed by atoms with Crippen molar-refractivity contribution in [2.45, 2.75) is 77.1 Å². The number of esters is 1. The van der Waals surface area contributed by atoms with Crippen molar-refractivity contribution in [2.24, 2.45) is 0 Å². The van der Waals surface area contributed by atoms with Crippen LogP contribution in [0.5, 0.6) is 0 Å². The van der Waals surface area contributed by atoms with Crippen LogP contribution in [0.3, 0.4) is 0 Å². The number of carbonyl (C=O) groups excluding carboxylic acids is 1. The highest BCUT2D eigenvalue weighted by Gasteiger charge is 2.22. The van der Waals surface area contributed by atoms with Gasteiger partial charge in [0.25, 0.3) is 0 Å². The second-order valence-corrected chi connectivity index (χ2v) is 9.35. The standard InChI is InChI=1S/C26H36N2O2/c1-26(2,3)30-25(29)19-27-17-21-9-11-22(12-10-21)23-13-15-24(16-14-23)28-18-20-7-5-4-6-8-20/h4-12,23-24,27-28H,13-19H2,1-3H3/t23-,24-. The van der Waals surface area contributed by atoms with E-state index in [1.54, 1.807) is 0 Å². The molecule has 2 N–H and O–H groups in total. The van der Waals surface area contributed by atoms with E-state index in [1.165, 1.54) is 42.4 Å². The highest BCUT2D eigenvalue weighted by molar-refractivity contribution is 5.72. The molecule has 2 aromatic carbocycles. The number of nitrogens with one attached hydrogen (secondary N) is 2. The first-order valence-electron chi connectivity index (χ1n) is 11.2. The zero-order valence-electron chi connectivity index (χ0n) is 18.6. The van der Waals surface area contributed by atoms with Crippen LogP contribution in [0.1, 0.15) is 69.1 Å². The molecule has 30 heavy (non-hydrogen) atoms. The normalized spacial score (nSPS) is 19.4. The van der Waals surface area contributed by atoms with Crippen molar-refractivity contribution < 1.29 is 9.53 Å². The number of hydrogen-bond acceptors (Lipinski definition) is 4. The van der Waals surface area contributed by atoms with Crippen LogP contribution >= 0.6 is 0 Å². The monoisotopic (exact) mass is 408 g/mol. The molecule has 0 amide bonds. The van der Waals surface area contributed by atoms with Gasteiger partial charge in [0.15, 0.2) is 0 Å². The molecule has 3 rings (SSSR count). The summed E-state index contributed by atoms with van der Waals surface area (Å²) in [6.45, 7) is 7.53. The summed E-state index contributed by atoms with van der Waals surface area (Å²) >= 11 is 0. The van der Waals surface area contributed by atoms with Gasteiger partial charge in [0.2, 0.25) is 0 Å².